The number of hydrogen-bond acceptors (Lipinski definition) is 0. The van der Waals surface area contributed by atoms with Crippen LogP contribution in [0.3, 0.4) is 0 Å². The molecule has 64 heavy (non-hydrogen) atoms. The minimum absolute atomic E-state index is 0.110. The summed E-state index contributed by atoms with van der Waals surface area (Å²) in [6.07, 6.45) is 18.4. The number of hydrogen-bond donors (Lipinski definition) is 0. The molecule has 0 aliphatic rings. The Morgan fingerprint density at radius 1 is 0.234 bits per heavy atom. The first kappa shape index (κ1) is 44.4. The molecule has 0 fully saturated rings. The van der Waals surface area contributed by atoms with Crippen LogP contribution in [0.5, 0.6) is 0 Å². The van der Waals surface area contributed by atoms with Crippen molar-refractivity contribution in [1.82, 2.24) is 0 Å². The van der Waals surface area contributed by atoms with Crippen molar-refractivity contribution in [2.24, 2.45) is 0 Å². The van der Waals surface area contributed by atoms with Crippen LogP contribution in [0.1, 0.15) is 150 Å². The summed E-state index contributed by atoms with van der Waals surface area (Å²) in [4.78, 5) is 0. The Morgan fingerprint density at radius 3 is 0.594 bits per heavy atom. The highest BCUT2D eigenvalue weighted by atomic mass is 14.2. The van der Waals surface area contributed by atoms with Crippen molar-refractivity contribution in [3.63, 3.8) is 0 Å². The lowest BCUT2D eigenvalue weighted by atomic mass is 9.85. The smallest absolute Gasteiger partial charge is 0.00143 e. The van der Waals surface area contributed by atoms with Gasteiger partial charge in [-0.15, -0.1) is 0 Å². The average Bonchev–Trinajstić information content (AvgIpc) is 3.25. The van der Waals surface area contributed by atoms with Crippen molar-refractivity contribution < 1.29 is 0 Å². The maximum atomic E-state index is 2.38. The molecule has 0 amide bonds. The summed E-state index contributed by atoms with van der Waals surface area (Å²) >= 11 is 0. The molecule has 322 valence electrons. The van der Waals surface area contributed by atoms with Crippen LogP contribution < -0.4 is 0 Å². The van der Waals surface area contributed by atoms with Crippen LogP contribution in [0.2, 0.25) is 0 Å². The van der Waals surface area contributed by atoms with Crippen LogP contribution in [-0.4, -0.2) is 0 Å². The quantitative estimate of drug-likeness (QED) is 0.106. The fourth-order valence-electron chi connectivity index (χ4n) is 8.78. The highest BCUT2D eigenvalue weighted by Gasteiger charge is 2.19. The van der Waals surface area contributed by atoms with Gasteiger partial charge in [0.2, 0.25) is 0 Å². The van der Waals surface area contributed by atoms with E-state index in [0.29, 0.717) is 0 Å². The minimum atomic E-state index is 0.110. The molecular formula is C64H66. The molecule has 0 heterocycles. The van der Waals surface area contributed by atoms with E-state index in [-0.39, 0.29) is 21.7 Å². The van der Waals surface area contributed by atoms with Gasteiger partial charge in [-0.2, -0.15) is 0 Å². The van der Waals surface area contributed by atoms with Gasteiger partial charge in [-0.3, -0.25) is 0 Å². The second kappa shape index (κ2) is 17.0. The van der Waals surface area contributed by atoms with Gasteiger partial charge < -0.3 is 0 Å². The molecule has 0 spiro atoms. The molecule has 0 bridgehead atoms. The zero-order valence-corrected chi connectivity index (χ0v) is 40.3. The van der Waals surface area contributed by atoms with Gasteiger partial charge in [-0.25, -0.2) is 0 Å². The van der Waals surface area contributed by atoms with Crippen LogP contribution in [0, 0.1) is 0 Å². The van der Waals surface area contributed by atoms with Gasteiger partial charge >= 0.3 is 0 Å². The lowest BCUT2D eigenvalue weighted by molar-refractivity contribution is 0.590. The van der Waals surface area contributed by atoms with Crippen molar-refractivity contribution in [2.75, 3.05) is 0 Å². The fraction of sp³-hybridized carbons (Fsp3) is 0.250. The standard InChI is InChI=1S/C64H66/c1-61(2,3)51-29-17-43(18-30-51)13-25-47-41-48(26-14-44-19-31-52(32-20-44)62(4,5)6)56-39-40-58-50(28-16-46-23-35-54(36-24-46)64(10,11)12)42-49(57-38-37-55(47)59(56)60(57)58)27-15-45-21-33-53(34-22-45)63(7,8)9/h13-42H,1-12H3. The Labute approximate surface area is 384 Å². The lowest BCUT2D eigenvalue weighted by Crippen LogP contribution is -2.10. The molecular weight excluding hydrogens is 769 g/mol. The zero-order chi connectivity index (χ0) is 45.6. The third-order valence-electron chi connectivity index (χ3n) is 13.0. The Hall–Kier alpha value is -6.24. The van der Waals surface area contributed by atoms with E-state index in [0.717, 1.165) is 0 Å². The van der Waals surface area contributed by atoms with Crippen LogP contribution >= 0.6 is 0 Å². The molecule has 0 saturated carbocycles. The molecule has 8 aromatic rings. The summed E-state index contributed by atoms with van der Waals surface area (Å²) in [7, 11) is 0. The third-order valence-corrected chi connectivity index (χ3v) is 13.0. The summed E-state index contributed by atoms with van der Waals surface area (Å²) < 4.78 is 0. The normalized spacial score (nSPS) is 13.4. The number of benzene rings is 8. The molecule has 0 heteroatoms. The molecule has 0 saturated heterocycles. The van der Waals surface area contributed by atoms with Gasteiger partial charge in [0.25, 0.3) is 0 Å². The molecule has 8 aromatic carbocycles. The zero-order valence-electron chi connectivity index (χ0n) is 40.3. The van der Waals surface area contributed by atoms with Crippen molar-refractivity contribution in [1.29, 1.82) is 0 Å². The van der Waals surface area contributed by atoms with E-state index >= 15 is 0 Å². The first-order valence-electron chi connectivity index (χ1n) is 23.2. The first-order chi connectivity index (χ1) is 30.2. The Kier molecular flexibility index (Phi) is 11.8. The minimum Gasteiger partial charge on any atom is -0.0579 e. The van der Waals surface area contributed by atoms with Crippen molar-refractivity contribution in [3.05, 3.63) is 200 Å². The van der Waals surface area contributed by atoms with Crippen LogP contribution in [0.25, 0.3) is 80.9 Å². The lowest BCUT2D eigenvalue weighted by Gasteiger charge is -2.19. The number of rotatable bonds is 8. The van der Waals surface area contributed by atoms with Gasteiger partial charge in [-0.1, -0.05) is 253 Å². The molecule has 0 aliphatic carbocycles. The molecule has 0 radical (unpaired) electrons. The molecule has 0 atom stereocenters. The van der Waals surface area contributed by atoms with E-state index in [2.05, 4.69) is 265 Å². The highest BCUT2D eigenvalue weighted by molar-refractivity contribution is 6.28. The molecule has 0 N–H and O–H groups in total. The maximum absolute atomic E-state index is 2.38. The summed E-state index contributed by atoms with van der Waals surface area (Å²) in [5.74, 6) is 0. The van der Waals surface area contributed by atoms with E-state index in [1.54, 1.807) is 0 Å². The SMILES string of the molecule is CC(C)(C)c1ccc(C=Cc2cc(C=Cc3ccc(C(C)(C)C)cc3)c3ccc4c(C=Cc5ccc(C(C)(C)C)cc5)cc(C=Cc5ccc(C(C)(C)C)cc5)c5ccc2c3c54)cc1. The van der Waals surface area contributed by atoms with Crippen molar-refractivity contribution >= 4 is 80.9 Å². The summed E-state index contributed by atoms with van der Waals surface area (Å²) in [6.45, 7) is 27.3. The maximum Gasteiger partial charge on any atom is -0.00143 e. The summed E-state index contributed by atoms with van der Waals surface area (Å²) in [6, 6.07) is 50.3. The van der Waals surface area contributed by atoms with Crippen molar-refractivity contribution in [3.8, 4) is 0 Å². The predicted octanol–water partition coefficient (Wildman–Crippen LogP) is 18.5. The van der Waals surface area contributed by atoms with Gasteiger partial charge in [0.05, 0.1) is 0 Å². The van der Waals surface area contributed by atoms with E-state index in [9.17, 15) is 0 Å². The molecule has 8 rings (SSSR count). The van der Waals surface area contributed by atoms with Crippen LogP contribution in [0.4, 0.5) is 0 Å². The Bertz CT molecular complexity index is 2620. The highest BCUT2D eigenvalue weighted by Crippen LogP contribution is 2.42. The monoisotopic (exact) mass is 835 g/mol. The Balaban J connectivity index is 1.33. The fourth-order valence-corrected chi connectivity index (χ4v) is 8.78. The summed E-state index contributed by atoms with van der Waals surface area (Å²) in [5, 5.41) is 7.64. The van der Waals surface area contributed by atoms with E-state index in [1.807, 2.05) is 0 Å². The van der Waals surface area contributed by atoms with Crippen LogP contribution in [0.15, 0.2) is 133 Å². The van der Waals surface area contributed by atoms with Gasteiger partial charge in [0.1, 0.15) is 0 Å². The molecule has 0 aliphatic heterocycles. The van der Waals surface area contributed by atoms with E-state index in [1.165, 1.54) is 99.1 Å². The van der Waals surface area contributed by atoms with E-state index in [4.69, 9.17) is 0 Å². The molecule has 0 nitrogen and oxygen atoms in total. The Morgan fingerprint density at radius 2 is 0.422 bits per heavy atom. The topological polar surface area (TPSA) is 0 Å². The third kappa shape index (κ3) is 9.63. The largest absolute Gasteiger partial charge is 0.0579 e. The van der Waals surface area contributed by atoms with Gasteiger partial charge in [-0.05, 0) is 133 Å². The average molecular weight is 835 g/mol. The molecule has 0 aromatic heterocycles. The first-order valence-corrected chi connectivity index (χ1v) is 23.2. The van der Waals surface area contributed by atoms with Gasteiger partial charge in [0, 0.05) is 0 Å². The predicted molar refractivity (Wildman–Crippen MR) is 286 cm³/mol. The van der Waals surface area contributed by atoms with Crippen molar-refractivity contribution in [2.45, 2.75) is 105 Å². The second-order valence-corrected chi connectivity index (χ2v) is 22.0. The second-order valence-electron chi connectivity index (χ2n) is 22.0. The van der Waals surface area contributed by atoms with E-state index < -0.39 is 0 Å². The van der Waals surface area contributed by atoms with Gasteiger partial charge in [0.15, 0.2) is 0 Å². The molecule has 0 unspecified atom stereocenters. The van der Waals surface area contributed by atoms with Crippen LogP contribution in [-0.2, 0) is 21.7 Å². The summed E-state index contributed by atoms with van der Waals surface area (Å²) in [5.41, 5.74) is 15.4.